The van der Waals surface area contributed by atoms with Gasteiger partial charge < -0.3 is 14.7 Å². The van der Waals surface area contributed by atoms with Gasteiger partial charge in [-0.3, -0.25) is 4.79 Å². The van der Waals surface area contributed by atoms with E-state index in [1.54, 1.807) is 7.11 Å². The molecule has 1 saturated heterocycles. The summed E-state index contributed by atoms with van der Waals surface area (Å²) in [6, 6.07) is 0. The average molecular weight is 269 g/mol. The second kappa shape index (κ2) is 5.80. The number of hydrogen-bond acceptors (Lipinski definition) is 3. The second-order valence-corrected chi connectivity index (χ2v) is 6.50. The van der Waals surface area contributed by atoms with Gasteiger partial charge in [-0.2, -0.15) is 0 Å². The van der Waals surface area contributed by atoms with Gasteiger partial charge in [-0.25, -0.2) is 0 Å². The maximum Gasteiger partial charge on any atom is 0.310 e. The van der Waals surface area contributed by atoms with Crippen LogP contribution in [0.5, 0.6) is 0 Å². The zero-order chi connectivity index (χ0) is 13.9. The Balaban J connectivity index is 1.88. The summed E-state index contributed by atoms with van der Waals surface area (Å²) in [4.78, 5) is 13.8. The van der Waals surface area contributed by atoms with Crippen LogP contribution in [-0.4, -0.2) is 49.3 Å². The van der Waals surface area contributed by atoms with Crippen molar-refractivity contribution in [2.45, 2.75) is 45.4 Å². The predicted molar refractivity (Wildman–Crippen MR) is 74.2 cm³/mol. The molecule has 19 heavy (non-hydrogen) atoms. The van der Waals surface area contributed by atoms with Gasteiger partial charge >= 0.3 is 5.97 Å². The molecular formula is C15H27NO3. The molecule has 0 spiro atoms. The third kappa shape index (κ3) is 2.95. The summed E-state index contributed by atoms with van der Waals surface area (Å²) >= 11 is 0. The minimum Gasteiger partial charge on any atom is -0.481 e. The van der Waals surface area contributed by atoms with Gasteiger partial charge in [-0.05, 0) is 50.6 Å². The largest absolute Gasteiger partial charge is 0.481 e. The number of carboxylic acids is 1. The summed E-state index contributed by atoms with van der Waals surface area (Å²) in [7, 11) is 1.78. The number of piperidine rings is 1. The first kappa shape index (κ1) is 14.8. The first-order valence-corrected chi connectivity index (χ1v) is 7.51. The van der Waals surface area contributed by atoms with Crippen LogP contribution >= 0.6 is 0 Å². The summed E-state index contributed by atoms with van der Waals surface area (Å²) in [5, 5.41) is 9.40. The zero-order valence-electron chi connectivity index (χ0n) is 12.3. The van der Waals surface area contributed by atoms with E-state index in [0.717, 1.165) is 64.8 Å². The van der Waals surface area contributed by atoms with Crippen molar-refractivity contribution in [1.82, 2.24) is 4.90 Å². The van der Waals surface area contributed by atoms with Gasteiger partial charge in [0.25, 0.3) is 0 Å². The Bertz CT molecular complexity index is 317. The maximum atomic E-state index is 11.4. The highest BCUT2D eigenvalue weighted by atomic mass is 16.5. The van der Waals surface area contributed by atoms with E-state index in [0.29, 0.717) is 5.41 Å². The Kier molecular flexibility index (Phi) is 4.51. The van der Waals surface area contributed by atoms with Crippen molar-refractivity contribution in [3.63, 3.8) is 0 Å². The number of rotatable bonds is 6. The lowest BCUT2D eigenvalue weighted by atomic mass is 9.68. The topological polar surface area (TPSA) is 49.8 Å². The van der Waals surface area contributed by atoms with Gasteiger partial charge in [0.2, 0.25) is 0 Å². The summed E-state index contributed by atoms with van der Waals surface area (Å²) in [5.41, 5.74) is -0.116. The van der Waals surface area contributed by atoms with Crippen LogP contribution in [0.3, 0.4) is 0 Å². The minimum absolute atomic E-state index is 0.321. The van der Waals surface area contributed by atoms with E-state index in [-0.39, 0.29) is 0 Å². The molecule has 4 heteroatoms. The Labute approximate surface area is 116 Å². The molecule has 0 atom stereocenters. The zero-order valence-corrected chi connectivity index (χ0v) is 12.3. The van der Waals surface area contributed by atoms with Gasteiger partial charge in [-0.1, -0.05) is 13.3 Å². The normalized spacial score (nSPS) is 25.8. The highest BCUT2D eigenvalue weighted by Crippen LogP contribution is 2.43. The number of nitrogens with zero attached hydrogens (tertiary/aromatic N) is 1. The molecule has 0 bridgehead atoms. The third-order valence-corrected chi connectivity index (χ3v) is 5.41. The molecule has 0 unspecified atom stereocenters. The molecule has 1 N–H and O–H groups in total. The van der Waals surface area contributed by atoms with Crippen molar-refractivity contribution in [2.75, 3.05) is 33.4 Å². The second-order valence-electron chi connectivity index (χ2n) is 6.50. The minimum atomic E-state index is -0.594. The molecule has 110 valence electrons. The number of methoxy groups -OCH3 is 1. The Hall–Kier alpha value is -0.610. The van der Waals surface area contributed by atoms with Crippen LogP contribution in [0.25, 0.3) is 0 Å². The number of carbonyl (C=O) groups is 1. The van der Waals surface area contributed by atoms with Gasteiger partial charge in [0.1, 0.15) is 0 Å². The molecule has 0 amide bonds. The van der Waals surface area contributed by atoms with Gasteiger partial charge in [0.05, 0.1) is 12.0 Å². The maximum absolute atomic E-state index is 11.4. The lowest BCUT2D eigenvalue weighted by Crippen LogP contribution is -2.51. The average Bonchev–Trinajstić information content (AvgIpc) is 2.36. The monoisotopic (exact) mass is 269 g/mol. The molecule has 1 heterocycles. The molecule has 1 aliphatic carbocycles. The molecule has 2 aliphatic rings. The summed E-state index contributed by atoms with van der Waals surface area (Å²) in [5.74, 6) is -0.594. The van der Waals surface area contributed by atoms with Crippen molar-refractivity contribution < 1.29 is 14.6 Å². The highest BCUT2D eigenvalue weighted by Gasteiger charge is 2.46. The van der Waals surface area contributed by atoms with E-state index >= 15 is 0 Å². The lowest BCUT2D eigenvalue weighted by molar-refractivity contribution is -0.157. The smallest absolute Gasteiger partial charge is 0.310 e. The van der Waals surface area contributed by atoms with Crippen LogP contribution in [-0.2, 0) is 9.53 Å². The van der Waals surface area contributed by atoms with Crippen molar-refractivity contribution >= 4 is 5.97 Å². The Morgan fingerprint density at radius 3 is 2.26 bits per heavy atom. The standard InChI is InChI=1S/C15H27NO3/c1-3-14(12-19-2)7-9-16(10-8-14)11-15(13(17)18)5-4-6-15/h3-12H2,1-2H3,(H,17,18). The first-order valence-electron chi connectivity index (χ1n) is 7.51. The molecule has 1 saturated carbocycles. The van der Waals surface area contributed by atoms with E-state index in [2.05, 4.69) is 11.8 Å². The fourth-order valence-corrected chi connectivity index (χ4v) is 3.56. The molecule has 0 radical (unpaired) electrons. The van der Waals surface area contributed by atoms with Crippen LogP contribution < -0.4 is 0 Å². The molecule has 0 aromatic heterocycles. The summed E-state index contributed by atoms with van der Waals surface area (Å²) < 4.78 is 5.37. The number of likely N-dealkylation sites (tertiary alicyclic amines) is 1. The summed E-state index contributed by atoms with van der Waals surface area (Å²) in [6.45, 7) is 5.86. The number of hydrogen-bond donors (Lipinski definition) is 1. The van der Waals surface area contributed by atoms with Gasteiger partial charge in [0.15, 0.2) is 0 Å². The molecule has 1 aliphatic heterocycles. The number of carboxylic acid groups (broad SMARTS) is 1. The van der Waals surface area contributed by atoms with E-state index in [1.807, 2.05) is 0 Å². The fraction of sp³-hybridized carbons (Fsp3) is 0.933. The van der Waals surface area contributed by atoms with E-state index < -0.39 is 11.4 Å². The van der Waals surface area contributed by atoms with Crippen molar-refractivity contribution in [2.24, 2.45) is 10.8 Å². The Morgan fingerprint density at radius 2 is 1.89 bits per heavy atom. The van der Waals surface area contributed by atoms with E-state index in [4.69, 9.17) is 4.74 Å². The van der Waals surface area contributed by atoms with Gasteiger partial charge in [0, 0.05) is 13.7 Å². The third-order valence-electron chi connectivity index (χ3n) is 5.41. The molecule has 2 fully saturated rings. The van der Waals surface area contributed by atoms with Crippen molar-refractivity contribution in [1.29, 1.82) is 0 Å². The summed E-state index contributed by atoms with van der Waals surface area (Å²) in [6.07, 6.45) is 6.20. The molecule has 0 aromatic rings. The van der Waals surface area contributed by atoms with E-state index in [9.17, 15) is 9.90 Å². The van der Waals surface area contributed by atoms with Gasteiger partial charge in [-0.15, -0.1) is 0 Å². The van der Waals surface area contributed by atoms with Crippen LogP contribution in [0.1, 0.15) is 45.4 Å². The molecule has 0 aromatic carbocycles. The lowest BCUT2D eigenvalue weighted by Gasteiger charge is -2.46. The molecule has 4 nitrogen and oxygen atoms in total. The first-order chi connectivity index (χ1) is 9.06. The van der Waals surface area contributed by atoms with Crippen LogP contribution in [0.15, 0.2) is 0 Å². The number of aliphatic carboxylic acids is 1. The van der Waals surface area contributed by atoms with E-state index in [1.165, 1.54) is 0 Å². The Morgan fingerprint density at radius 1 is 1.26 bits per heavy atom. The van der Waals surface area contributed by atoms with Crippen LogP contribution in [0.4, 0.5) is 0 Å². The number of ether oxygens (including phenoxy) is 1. The predicted octanol–water partition coefficient (Wildman–Crippen LogP) is 2.38. The molecular weight excluding hydrogens is 242 g/mol. The quantitative estimate of drug-likeness (QED) is 0.804. The van der Waals surface area contributed by atoms with Crippen LogP contribution in [0, 0.1) is 10.8 Å². The highest BCUT2D eigenvalue weighted by molar-refractivity contribution is 5.76. The van der Waals surface area contributed by atoms with Crippen molar-refractivity contribution in [3.8, 4) is 0 Å². The molecule has 2 rings (SSSR count). The van der Waals surface area contributed by atoms with Crippen LogP contribution in [0.2, 0.25) is 0 Å². The van der Waals surface area contributed by atoms with Crippen molar-refractivity contribution in [3.05, 3.63) is 0 Å². The fourth-order valence-electron chi connectivity index (χ4n) is 3.56. The SMILES string of the molecule is CCC1(COC)CCN(CC2(C(=O)O)CCC2)CC1.